The Morgan fingerprint density at radius 3 is 2.72 bits per heavy atom. The van der Waals surface area contributed by atoms with E-state index in [9.17, 15) is 4.79 Å². The lowest BCUT2D eigenvalue weighted by atomic mass is 9.98. The molecular formula is C14H26N2O2. The normalized spacial score (nSPS) is 26.4. The maximum atomic E-state index is 12.5. The molecule has 18 heavy (non-hydrogen) atoms. The third-order valence-corrected chi connectivity index (χ3v) is 4.33. The molecule has 1 spiro atoms. The van der Waals surface area contributed by atoms with Gasteiger partial charge in [-0.2, -0.15) is 0 Å². The average Bonchev–Trinajstić information content (AvgIpc) is 2.90. The van der Waals surface area contributed by atoms with E-state index in [-0.39, 0.29) is 11.7 Å². The molecule has 104 valence electrons. The summed E-state index contributed by atoms with van der Waals surface area (Å²) in [7, 11) is 1.74. The molecule has 1 aliphatic heterocycles. The maximum Gasteiger partial charge on any atom is 0.244 e. The minimum Gasteiger partial charge on any atom is -0.385 e. The number of unbranched alkanes of at least 4 members (excludes halogenated alkanes) is 2. The van der Waals surface area contributed by atoms with E-state index in [0.717, 1.165) is 45.3 Å². The molecule has 1 atom stereocenters. The highest BCUT2D eigenvalue weighted by Gasteiger charge is 2.50. The van der Waals surface area contributed by atoms with Gasteiger partial charge >= 0.3 is 0 Å². The summed E-state index contributed by atoms with van der Waals surface area (Å²) in [5, 5.41) is 3.53. The number of carbonyl (C=O) groups is 1. The first-order valence-corrected chi connectivity index (χ1v) is 7.27. The Balaban J connectivity index is 1.80. The minimum atomic E-state index is -0.202. The number of methoxy groups -OCH3 is 1. The zero-order valence-corrected chi connectivity index (χ0v) is 11.7. The summed E-state index contributed by atoms with van der Waals surface area (Å²) in [6.07, 6.45) is 7.94. The fourth-order valence-corrected chi connectivity index (χ4v) is 3.33. The van der Waals surface area contributed by atoms with Gasteiger partial charge in [-0.25, -0.2) is 0 Å². The van der Waals surface area contributed by atoms with Gasteiger partial charge in [-0.3, -0.25) is 10.1 Å². The van der Waals surface area contributed by atoms with E-state index in [2.05, 4.69) is 12.2 Å². The fraction of sp³-hybridized carbons (Fsp3) is 0.929. The number of amides is 1. The molecule has 0 aromatic rings. The highest BCUT2D eigenvalue weighted by atomic mass is 16.5. The zero-order valence-electron chi connectivity index (χ0n) is 11.7. The summed E-state index contributed by atoms with van der Waals surface area (Å²) in [4.78, 5) is 14.5. The molecule has 2 aliphatic rings. The van der Waals surface area contributed by atoms with E-state index < -0.39 is 0 Å². The maximum absolute atomic E-state index is 12.5. The van der Waals surface area contributed by atoms with Gasteiger partial charge in [0.2, 0.25) is 5.91 Å². The molecule has 0 aromatic carbocycles. The van der Waals surface area contributed by atoms with Crippen LogP contribution in [0, 0.1) is 0 Å². The van der Waals surface area contributed by atoms with Crippen LogP contribution >= 0.6 is 0 Å². The number of hydrogen-bond acceptors (Lipinski definition) is 3. The largest absolute Gasteiger partial charge is 0.385 e. The second kappa shape index (κ2) is 6.02. The third-order valence-electron chi connectivity index (χ3n) is 4.33. The van der Waals surface area contributed by atoms with E-state index in [1.54, 1.807) is 7.11 Å². The molecule has 2 rings (SSSR count). The van der Waals surface area contributed by atoms with Crippen LogP contribution in [0.25, 0.3) is 0 Å². The monoisotopic (exact) mass is 254 g/mol. The molecule has 1 saturated carbocycles. The van der Waals surface area contributed by atoms with Crippen molar-refractivity contribution in [2.75, 3.05) is 20.3 Å². The molecule has 2 fully saturated rings. The van der Waals surface area contributed by atoms with E-state index in [1.165, 1.54) is 12.8 Å². The molecule has 0 radical (unpaired) electrons. The fourth-order valence-electron chi connectivity index (χ4n) is 3.33. The summed E-state index contributed by atoms with van der Waals surface area (Å²) in [6, 6.07) is 0. The van der Waals surface area contributed by atoms with Gasteiger partial charge in [-0.05, 0) is 39.0 Å². The number of nitrogens with zero attached hydrogens (tertiary/aromatic N) is 1. The molecule has 1 amide bonds. The molecule has 4 nitrogen and oxygen atoms in total. The van der Waals surface area contributed by atoms with Crippen LogP contribution in [0.2, 0.25) is 0 Å². The quantitative estimate of drug-likeness (QED) is 0.736. The molecule has 0 bridgehead atoms. The SMILES string of the molecule is COCCCCCN1C(=O)C2(CCCC2)NC1C. The Kier molecular flexibility index (Phi) is 4.62. The van der Waals surface area contributed by atoms with Crippen LogP contribution in [0.15, 0.2) is 0 Å². The van der Waals surface area contributed by atoms with Crippen molar-refractivity contribution < 1.29 is 9.53 Å². The van der Waals surface area contributed by atoms with Gasteiger partial charge in [-0.1, -0.05) is 12.8 Å². The van der Waals surface area contributed by atoms with Crippen LogP contribution in [0.5, 0.6) is 0 Å². The van der Waals surface area contributed by atoms with Crippen molar-refractivity contribution in [1.82, 2.24) is 10.2 Å². The van der Waals surface area contributed by atoms with Gasteiger partial charge in [0.15, 0.2) is 0 Å². The first-order chi connectivity index (χ1) is 8.69. The van der Waals surface area contributed by atoms with E-state index >= 15 is 0 Å². The zero-order chi connectivity index (χ0) is 13.0. The van der Waals surface area contributed by atoms with Crippen LogP contribution in [0.3, 0.4) is 0 Å². The highest BCUT2D eigenvalue weighted by molar-refractivity contribution is 5.89. The van der Waals surface area contributed by atoms with Gasteiger partial charge in [0.05, 0.1) is 11.7 Å². The average molecular weight is 254 g/mol. The highest BCUT2D eigenvalue weighted by Crippen LogP contribution is 2.36. The predicted octanol–water partition coefficient (Wildman–Crippen LogP) is 1.89. The first kappa shape index (κ1) is 13.8. The lowest BCUT2D eigenvalue weighted by Crippen LogP contribution is -2.44. The summed E-state index contributed by atoms with van der Waals surface area (Å²) in [5.41, 5.74) is -0.202. The Morgan fingerprint density at radius 2 is 2.06 bits per heavy atom. The predicted molar refractivity (Wildman–Crippen MR) is 71.2 cm³/mol. The smallest absolute Gasteiger partial charge is 0.244 e. The topological polar surface area (TPSA) is 41.6 Å². The van der Waals surface area contributed by atoms with Crippen LogP contribution in [-0.2, 0) is 9.53 Å². The van der Waals surface area contributed by atoms with Crippen molar-refractivity contribution in [1.29, 1.82) is 0 Å². The van der Waals surface area contributed by atoms with Crippen molar-refractivity contribution in [3.63, 3.8) is 0 Å². The van der Waals surface area contributed by atoms with Gasteiger partial charge in [0, 0.05) is 20.3 Å². The molecule has 1 unspecified atom stereocenters. The lowest BCUT2D eigenvalue weighted by molar-refractivity contribution is -0.133. The summed E-state index contributed by atoms with van der Waals surface area (Å²) in [6.45, 7) is 3.82. The lowest BCUT2D eigenvalue weighted by Gasteiger charge is -2.22. The molecule has 1 saturated heterocycles. The van der Waals surface area contributed by atoms with E-state index in [0.29, 0.717) is 5.91 Å². The van der Waals surface area contributed by atoms with E-state index in [1.807, 2.05) is 4.90 Å². The molecule has 1 aliphatic carbocycles. The second-order valence-electron chi connectivity index (χ2n) is 5.66. The van der Waals surface area contributed by atoms with Crippen LogP contribution < -0.4 is 5.32 Å². The van der Waals surface area contributed by atoms with Crippen molar-refractivity contribution in [2.45, 2.75) is 63.6 Å². The van der Waals surface area contributed by atoms with Crippen LogP contribution in [-0.4, -0.2) is 42.8 Å². The summed E-state index contributed by atoms with van der Waals surface area (Å²) >= 11 is 0. The molecular weight excluding hydrogens is 228 g/mol. The number of hydrogen-bond donors (Lipinski definition) is 1. The van der Waals surface area contributed by atoms with Crippen LogP contribution in [0.1, 0.15) is 51.9 Å². The van der Waals surface area contributed by atoms with Crippen molar-refractivity contribution in [3.8, 4) is 0 Å². The molecule has 0 aromatic heterocycles. The van der Waals surface area contributed by atoms with Crippen LogP contribution in [0.4, 0.5) is 0 Å². The number of rotatable bonds is 6. The number of ether oxygens (including phenoxy) is 1. The van der Waals surface area contributed by atoms with Gasteiger partial charge in [0.1, 0.15) is 0 Å². The summed E-state index contributed by atoms with van der Waals surface area (Å²) < 4.78 is 5.04. The first-order valence-electron chi connectivity index (χ1n) is 7.27. The molecule has 1 N–H and O–H groups in total. The summed E-state index contributed by atoms with van der Waals surface area (Å²) in [5.74, 6) is 0.347. The number of carbonyl (C=O) groups excluding carboxylic acids is 1. The van der Waals surface area contributed by atoms with Crippen molar-refractivity contribution >= 4 is 5.91 Å². The Morgan fingerprint density at radius 1 is 1.33 bits per heavy atom. The Hall–Kier alpha value is -0.610. The Labute approximate surface area is 110 Å². The Bertz CT molecular complexity index is 288. The van der Waals surface area contributed by atoms with Crippen molar-refractivity contribution in [3.05, 3.63) is 0 Å². The minimum absolute atomic E-state index is 0.202. The van der Waals surface area contributed by atoms with Gasteiger partial charge in [0.25, 0.3) is 0 Å². The van der Waals surface area contributed by atoms with E-state index in [4.69, 9.17) is 4.74 Å². The number of nitrogens with one attached hydrogen (secondary N) is 1. The molecule has 4 heteroatoms. The standard InChI is InChI=1S/C14H26N2O2/c1-12-15-14(8-4-5-9-14)13(17)16(12)10-6-3-7-11-18-2/h12,15H,3-11H2,1-2H3. The van der Waals surface area contributed by atoms with Gasteiger partial charge in [-0.15, -0.1) is 0 Å². The van der Waals surface area contributed by atoms with Gasteiger partial charge < -0.3 is 9.64 Å². The second-order valence-corrected chi connectivity index (χ2v) is 5.66. The third kappa shape index (κ3) is 2.69. The van der Waals surface area contributed by atoms with Crippen molar-refractivity contribution in [2.24, 2.45) is 0 Å². The molecule has 1 heterocycles.